The minimum Gasteiger partial charge on any atom is -0.346 e. The van der Waals surface area contributed by atoms with Crippen LogP contribution >= 0.6 is 0 Å². The van der Waals surface area contributed by atoms with Crippen LogP contribution in [0.5, 0.6) is 0 Å². The van der Waals surface area contributed by atoms with Crippen molar-refractivity contribution in [2.45, 2.75) is 90.9 Å². The van der Waals surface area contributed by atoms with Crippen molar-refractivity contribution in [2.75, 3.05) is 27.2 Å². The first kappa shape index (κ1) is 22.9. The summed E-state index contributed by atoms with van der Waals surface area (Å²) in [4.78, 5) is 27.7. The molecule has 0 aliphatic carbocycles. The lowest BCUT2D eigenvalue weighted by Gasteiger charge is -2.18. The molecule has 0 aliphatic heterocycles. The van der Waals surface area contributed by atoms with E-state index >= 15 is 0 Å². The maximum Gasteiger partial charge on any atom is 0.222 e. The Hall–Kier alpha value is -1.06. The van der Waals surface area contributed by atoms with Gasteiger partial charge in [0.05, 0.1) is 0 Å². The topological polar surface area (TPSA) is 40.6 Å². The molecule has 0 aliphatic rings. The Kier molecular flexibility index (Phi) is 14.8. The van der Waals surface area contributed by atoms with Crippen molar-refractivity contribution in [2.24, 2.45) is 0 Å². The quantitative estimate of drug-likeness (QED) is 0.408. The Labute approximate surface area is 150 Å². The van der Waals surface area contributed by atoms with Crippen LogP contribution < -0.4 is 0 Å². The van der Waals surface area contributed by atoms with E-state index in [9.17, 15) is 9.59 Å². The van der Waals surface area contributed by atoms with Crippen LogP contribution in [0, 0.1) is 0 Å². The monoisotopic (exact) mass is 340 g/mol. The van der Waals surface area contributed by atoms with Gasteiger partial charge < -0.3 is 9.80 Å². The Morgan fingerprint density at radius 3 is 1.29 bits per heavy atom. The second-order valence-corrected chi connectivity index (χ2v) is 6.96. The smallest absolute Gasteiger partial charge is 0.222 e. The SMILES string of the molecule is CCCCCCN(C)C(=O)CCCCC(=O)N(C)CCCCCC. The highest BCUT2D eigenvalue weighted by Crippen LogP contribution is 2.07. The van der Waals surface area contributed by atoms with Gasteiger partial charge in [-0.25, -0.2) is 0 Å². The van der Waals surface area contributed by atoms with Crippen LogP contribution in [-0.2, 0) is 9.59 Å². The second-order valence-electron chi connectivity index (χ2n) is 6.96. The zero-order valence-corrected chi connectivity index (χ0v) is 16.6. The molecule has 0 saturated carbocycles. The predicted molar refractivity (Wildman–Crippen MR) is 102 cm³/mol. The van der Waals surface area contributed by atoms with Gasteiger partial charge in [-0.1, -0.05) is 52.4 Å². The van der Waals surface area contributed by atoms with Gasteiger partial charge in [0.1, 0.15) is 0 Å². The largest absolute Gasteiger partial charge is 0.346 e. The van der Waals surface area contributed by atoms with E-state index in [1.165, 1.54) is 38.5 Å². The molecule has 0 rings (SSSR count). The van der Waals surface area contributed by atoms with Crippen molar-refractivity contribution in [1.29, 1.82) is 0 Å². The fourth-order valence-corrected chi connectivity index (χ4v) is 2.74. The van der Waals surface area contributed by atoms with Gasteiger partial charge in [-0.3, -0.25) is 9.59 Å². The van der Waals surface area contributed by atoms with Crippen molar-refractivity contribution in [3.63, 3.8) is 0 Å². The molecule has 142 valence electrons. The minimum atomic E-state index is 0.215. The fraction of sp³-hybridized carbons (Fsp3) is 0.900. The van der Waals surface area contributed by atoms with Crippen LogP contribution in [0.3, 0.4) is 0 Å². The summed E-state index contributed by atoms with van der Waals surface area (Å²) in [6, 6.07) is 0. The average molecular weight is 341 g/mol. The molecular formula is C20H40N2O2. The lowest BCUT2D eigenvalue weighted by Crippen LogP contribution is -2.28. The Balaban J connectivity index is 3.68. The summed E-state index contributed by atoms with van der Waals surface area (Å²) in [6.45, 7) is 6.11. The van der Waals surface area contributed by atoms with E-state index in [2.05, 4.69) is 13.8 Å². The Morgan fingerprint density at radius 2 is 0.958 bits per heavy atom. The summed E-state index contributed by atoms with van der Waals surface area (Å²) in [6.07, 6.45) is 12.3. The summed E-state index contributed by atoms with van der Waals surface area (Å²) < 4.78 is 0. The number of nitrogens with zero attached hydrogens (tertiary/aromatic N) is 2. The van der Waals surface area contributed by atoms with Gasteiger partial charge in [0, 0.05) is 40.0 Å². The van der Waals surface area contributed by atoms with Crippen LogP contribution in [0.4, 0.5) is 0 Å². The number of amides is 2. The number of hydrogen-bond donors (Lipinski definition) is 0. The van der Waals surface area contributed by atoms with Crippen molar-refractivity contribution in [1.82, 2.24) is 9.80 Å². The first-order valence-corrected chi connectivity index (χ1v) is 10.0. The molecule has 0 unspecified atom stereocenters. The molecule has 4 nitrogen and oxygen atoms in total. The molecule has 0 aromatic carbocycles. The average Bonchev–Trinajstić information content (AvgIpc) is 2.58. The fourth-order valence-electron chi connectivity index (χ4n) is 2.74. The molecule has 2 amide bonds. The van der Waals surface area contributed by atoms with Crippen molar-refractivity contribution in [3.8, 4) is 0 Å². The molecule has 0 N–H and O–H groups in total. The highest BCUT2D eigenvalue weighted by Gasteiger charge is 2.10. The molecule has 0 spiro atoms. The summed E-state index contributed by atoms with van der Waals surface area (Å²) in [5, 5.41) is 0. The van der Waals surface area contributed by atoms with Gasteiger partial charge in [0.25, 0.3) is 0 Å². The third kappa shape index (κ3) is 12.4. The van der Waals surface area contributed by atoms with Gasteiger partial charge in [-0.05, 0) is 25.7 Å². The minimum absolute atomic E-state index is 0.215. The van der Waals surface area contributed by atoms with Crippen LogP contribution in [0.15, 0.2) is 0 Å². The van der Waals surface area contributed by atoms with Gasteiger partial charge in [-0.2, -0.15) is 0 Å². The number of carbonyl (C=O) groups is 2. The molecule has 0 saturated heterocycles. The van der Waals surface area contributed by atoms with E-state index in [0.29, 0.717) is 12.8 Å². The number of carbonyl (C=O) groups excluding carboxylic acids is 2. The Morgan fingerprint density at radius 1 is 0.583 bits per heavy atom. The molecule has 0 atom stereocenters. The van der Waals surface area contributed by atoms with Crippen molar-refractivity contribution in [3.05, 3.63) is 0 Å². The zero-order valence-electron chi connectivity index (χ0n) is 16.6. The molecule has 4 heteroatoms. The molecule has 0 bridgehead atoms. The van der Waals surface area contributed by atoms with Crippen LogP contribution in [0.2, 0.25) is 0 Å². The molecule has 0 radical (unpaired) electrons. The van der Waals surface area contributed by atoms with Crippen LogP contribution in [0.1, 0.15) is 90.9 Å². The third-order valence-corrected chi connectivity index (χ3v) is 4.58. The highest BCUT2D eigenvalue weighted by molar-refractivity contribution is 5.77. The summed E-state index contributed by atoms with van der Waals surface area (Å²) in [7, 11) is 3.78. The molecule has 24 heavy (non-hydrogen) atoms. The molecule has 0 aromatic heterocycles. The van der Waals surface area contributed by atoms with E-state index in [1.54, 1.807) is 0 Å². The zero-order chi connectivity index (χ0) is 18.2. The van der Waals surface area contributed by atoms with Crippen molar-refractivity contribution < 1.29 is 9.59 Å². The molecule has 0 heterocycles. The normalized spacial score (nSPS) is 10.7. The second kappa shape index (κ2) is 15.5. The standard InChI is InChI=1S/C20H40N2O2/c1-5-7-9-13-17-21(3)19(23)15-11-12-16-20(24)22(4)18-14-10-8-6-2/h5-18H2,1-4H3. The van der Waals surface area contributed by atoms with Gasteiger partial charge >= 0.3 is 0 Å². The predicted octanol–water partition coefficient (Wildman–Crippen LogP) is 4.62. The maximum absolute atomic E-state index is 12.0. The van der Waals surface area contributed by atoms with E-state index in [1.807, 2.05) is 23.9 Å². The van der Waals surface area contributed by atoms with E-state index in [4.69, 9.17) is 0 Å². The Bertz CT molecular complexity index is 300. The third-order valence-electron chi connectivity index (χ3n) is 4.58. The number of unbranched alkanes of at least 4 members (excludes halogenated alkanes) is 7. The van der Waals surface area contributed by atoms with Gasteiger partial charge in [0.2, 0.25) is 11.8 Å². The first-order valence-electron chi connectivity index (χ1n) is 10.0. The number of hydrogen-bond acceptors (Lipinski definition) is 2. The first-order chi connectivity index (χ1) is 11.5. The number of rotatable bonds is 15. The van der Waals surface area contributed by atoms with Crippen LogP contribution in [0.25, 0.3) is 0 Å². The lowest BCUT2D eigenvalue weighted by molar-refractivity contribution is -0.132. The van der Waals surface area contributed by atoms with E-state index in [0.717, 1.165) is 38.8 Å². The maximum atomic E-state index is 12.0. The van der Waals surface area contributed by atoms with Gasteiger partial charge in [0.15, 0.2) is 0 Å². The van der Waals surface area contributed by atoms with Gasteiger partial charge in [-0.15, -0.1) is 0 Å². The van der Waals surface area contributed by atoms with E-state index < -0.39 is 0 Å². The van der Waals surface area contributed by atoms with Crippen molar-refractivity contribution >= 4 is 11.8 Å². The van der Waals surface area contributed by atoms with Crippen LogP contribution in [-0.4, -0.2) is 48.8 Å². The summed E-state index contributed by atoms with van der Waals surface area (Å²) in [5.41, 5.74) is 0. The van der Waals surface area contributed by atoms with E-state index in [-0.39, 0.29) is 11.8 Å². The molecular weight excluding hydrogens is 300 g/mol. The highest BCUT2D eigenvalue weighted by atomic mass is 16.2. The lowest BCUT2D eigenvalue weighted by atomic mass is 10.1. The molecule has 0 aromatic rings. The summed E-state index contributed by atoms with van der Waals surface area (Å²) >= 11 is 0. The molecule has 0 fully saturated rings. The summed E-state index contributed by atoms with van der Waals surface area (Å²) in [5.74, 6) is 0.429.